The Morgan fingerprint density at radius 3 is 2.20 bits per heavy atom. The van der Waals surface area contributed by atoms with Gasteiger partial charge in [0.1, 0.15) is 5.82 Å². The van der Waals surface area contributed by atoms with Crippen LogP contribution in [0.2, 0.25) is 0 Å². The number of pyridine rings is 1. The fourth-order valence-electron chi connectivity index (χ4n) is 1.01. The summed E-state index contributed by atoms with van der Waals surface area (Å²) in [7, 11) is 0. The molecule has 0 unspecified atom stereocenters. The summed E-state index contributed by atoms with van der Waals surface area (Å²) in [5.41, 5.74) is -0.101. The van der Waals surface area contributed by atoms with E-state index in [1.54, 1.807) is 13.8 Å². The van der Waals surface area contributed by atoms with Crippen LogP contribution in [0, 0.1) is 6.92 Å². The molecule has 0 amide bonds. The molecular formula is C12H20N2O. The Hall–Kier alpha value is -1.09. The van der Waals surface area contributed by atoms with Gasteiger partial charge in [0.25, 0.3) is 0 Å². The van der Waals surface area contributed by atoms with Crippen LogP contribution in [0.4, 0.5) is 5.82 Å². The third kappa shape index (κ3) is 2.93. The third-order valence-electron chi connectivity index (χ3n) is 2.88. The molecule has 2 N–H and O–H groups in total. The predicted octanol–water partition coefficient (Wildman–Crippen LogP) is 2.35. The topological polar surface area (TPSA) is 45.1 Å². The van der Waals surface area contributed by atoms with E-state index in [2.05, 4.69) is 10.3 Å². The first-order valence-electron chi connectivity index (χ1n) is 5.15. The number of hydrogen-bond donors (Lipinski definition) is 2. The molecule has 0 spiro atoms. The lowest BCUT2D eigenvalue weighted by atomic mass is 9.86. The first-order chi connectivity index (χ1) is 6.72. The average molecular weight is 208 g/mol. The van der Waals surface area contributed by atoms with Gasteiger partial charge in [-0.2, -0.15) is 0 Å². The molecule has 84 valence electrons. The van der Waals surface area contributed by atoms with E-state index in [4.69, 9.17) is 0 Å². The van der Waals surface area contributed by atoms with Crippen molar-refractivity contribution in [2.24, 2.45) is 0 Å². The molecule has 3 nitrogen and oxygen atoms in total. The minimum atomic E-state index is -0.806. The van der Waals surface area contributed by atoms with Gasteiger partial charge in [0.05, 0.1) is 11.1 Å². The van der Waals surface area contributed by atoms with Crippen LogP contribution >= 0.6 is 0 Å². The van der Waals surface area contributed by atoms with Crippen LogP contribution in [0.15, 0.2) is 18.3 Å². The molecule has 0 atom stereocenters. The number of aliphatic hydroxyl groups is 1. The Morgan fingerprint density at radius 1 is 1.20 bits per heavy atom. The molecule has 0 fully saturated rings. The number of rotatable bonds is 3. The molecule has 0 radical (unpaired) electrons. The number of nitrogens with one attached hydrogen (secondary N) is 1. The van der Waals surface area contributed by atoms with Crippen LogP contribution in [0.1, 0.15) is 33.3 Å². The average Bonchev–Trinajstić information content (AvgIpc) is 2.06. The van der Waals surface area contributed by atoms with Gasteiger partial charge in [0, 0.05) is 6.20 Å². The van der Waals surface area contributed by atoms with Crippen molar-refractivity contribution in [3.8, 4) is 0 Å². The number of anilines is 1. The first kappa shape index (κ1) is 12.0. The van der Waals surface area contributed by atoms with Crippen LogP contribution in [0.3, 0.4) is 0 Å². The predicted molar refractivity (Wildman–Crippen MR) is 63.0 cm³/mol. The van der Waals surface area contributed by atoms with E-state index in [9.17, 15) is 5.11 Å². The molecule has 0 aliphatic carbocycles. The van der Waals surface area contributed by atoms with Gasteiger partial charge in [-0.1, -0.05) is 6.07 Å². The molecule has 1 rings (SSSR count). The summed E-state index contributed by atoms with van der Waals surface area (Å²) in [6.45, 7) is 9.48. The first-order valence-corrected chi connectivity index (χ1v) is 5.15. The molecule has 15 heavy (non-hydrogen) atoms. The number of aromatic nitrogens is 1. The minimum Gasteiger partial charge on any atom is -0.388 e. The summed E-state index contributed by atoms with van der Waals surface area (Å²) in [6, 6.07) is 3.92. The highest BCUT2D eigenvalue weighted by atomic mass is 16.3. The van der Waals surface area contributed by atoms with E-state index in [0.29, 0.717) is 0 Å². The highest BCUT2D eigenvalue weighted by molar-refractivity contribution is 5.39. The van der Waals surface area contributed by atoms with Crippen molar-refractivity contribution < 1.29 is 5.11 Å². The molecule has 1 heterocycles. The monoisotopic (exact) mass is 208 g/mol. The smallest absolute Gasteiger partial charge is 0.126 e. The molecule has 1 aromatic rings. The fourth-order valence-corrected chi connectivity index (χ4v) is 1.01. The van der Waals surface area contributed by atoms with Crippen LogP contribution in [0.25, 0.3) is 0 Å². The molecular weight excluding hydrogens is 188 g/mol. The van der Waals surface area contributed by atoms with E-state index < -0.39 is 11.1 Å². The quantitative estimate of drug-likeness (QED) is 0.801. The lowest BCUT2D eigenvalue weighted by Gasteiger charge is -2.38. The van der Waals surface area contributed by atoms with Crippen molar-refractivity contribution in [1.82, 2.24) is 4.98 Å². The van der Waals surface area contributed by atoms with E-state index >= 15 is 0 Å². The Labute approximate surface area is 91.5 Å². The number of aryl methyl sites for hydroxylation is 1. The minimum absolute atomic E-state index is 0.421. The third-order valence-corrected chi connectivity index (χ3v) is 2.88. The normalized spacial score (nSPS) is 12.7. The maximum atomic E-state index is 9.97. The van der Waals surface area contributed by atoms with Crippen molar-refractivity contribution in [3.63, 3.8) is 0 Å². The molecule has 0 aliphatic rings. The van der Waals surface area contributed by atoms with Gasteiger partial charge in [-0.15, -0.1) is 0 Å². The van der Waals surface area contributed by atoms with Crippen molar-refractivity contribution in [3.05, 3.63) is 23.9 Å². The maximum absolute atomic E-state index is 9.97. The van der Waals surface area contributed by atoms with Crippen LogP contribution in [0.5, 0.6) is 0 Å². The molecule has 0 aliphatic heterocycles. The highest BCUT2D eigenvalue weighted by Crippen LogP contribution is 2.24. The molecule has 0 saturated heterocycles. The van der Waals surface area contributed by atoms with Crippen LogP contribution < -0.4 is 5.32 Å². The summed E-state index contributed by atoms with van der Waals surface area (Å²) >= 11 is 0. The van der Waals surface area contributed by atoms with E-state index in [1.807, 2.05) is 39.1 Å². The summed E-state index contributed by atoms with van der Waals surface area (Å²) in [5, 5.41) is 13.2. The Balaban J connectivity index is 2.82. The second kappa shape index (κ2) is 3.81. The van der Waals surface area contributed by atoms with Crippen LogP contribution in [-0.2, 0) is 0 Å². The zero-order chi connectivity index (χ0) is 11.7. The van der Waals surface area contributed by atoms with Gasteiger partial charge in [-0.25, -0.2) is 4.98 Å². The van der Waals surface area contributed by atoms with Gasteiger partial charge in [-0.3, -0.25) is 0 Å². The lowest BCUT2D eigenvalue weighted by molar-refractivity contribution is 0.0239. The number of nitrogens with zero attached hydrogens (tertiary/aromatic N) is 1. The number of hydrogen-bond acceptors (Lipinski definition) is 3. The van der Waals surface area contributed by atoms with Crippen LogP contribution in [-0.4, -0.2) is 21.2 Å². The van der Waals surface area contributed by atoms with Crippen molar-refractivity contribution >= 4 is 5.82 Å². The van der Waals surface area contributed by atoms with Crippen molar-refractivity contribution in [2.45, 2.75) is 45.8 Å². The summed E-state index contributed by atoms with van der Waals surface area (Å²) in [6.07, 6.45) is 1.81. The van der Waals surface area contributed by atoms with Crippen molar-refractivity contribution in [2.75, 3.05) is 5.32 Å². The SMILES string of the molecule is Cc1ccc(NC(C)(C)C(C)(C)O)nc1. The molecule has 0 saturated carbocycles. The molecule has 1 aromatic heterocycles. The molecule has 0 aromatic carbocycles. The standard InChI is InChI=1S/C12H20N2O/c1-9-6-7-10(13-8-9)14-11(2,3)12(4,5)15/h6-8,15H,1-5H3,(H,13,14). The summed E-state index contributed by atoms with van der Waals surface area (Å²) in [4.78, 5) is 4.25. The maximum Gasteiger partial charge on any atom is 0.126 e. The lowest BCUT2D eigenvalue weighted by Crippen LogP contribution is -2.51. The van der Waals surface area contributed by atoms with Gasteiger partial charge < -0.3 is 10.4 Å². The molecule has 3 heteroatoms. The zero-order valence-electron chi connectivity index (χ0n) is 10.1. The van der Waals surface area contributed by atoms with Crippen molar-refractivity contribution in [1.29, 1.82) is 0 Å². The highest BCUT2D eigenvalue weighted by Gasteiger charge is 2.35. The fraction of sp³-hybridized carbons (Fsp3) is 0.583. The van der Waals surface area contributed by atoms with Gasteiger partial charge in [-0.05, 0) is 46.2 Å². The Bertz CT molecular complexity index is 322. The van der Waals surface area contributed by atoms with Gasteiger partial charge in [0.2, 0.25) is 0 Å². The Morgan fingerprint density at radius 2 is 1.80 bits per heavy atom. The zero-order valence-corrected chi connectivity index (χ0v) is 10.1. The second-order valence-electron chi connectivity index (χ2n) is 5.03. The van der Waals surface area contributed by atoms with Gasteiger partial charge >= 0.3 is 0 Å². The second-order valence-corrected chi connectivity index (χ2v) is 5.03. The summed E-state index contributed by atoms with van der Waals surface area (Å²) < 4.78 is 0. The van der Waals surface area contributed by atoms with E-state index in [1.165, 1.54) is 0 Å². The van der Waals surface area contributed by atoms with E-state index in [-0.39, 0.29) is 0 Å². The van der Waals surface area contributed by atoms with E-state index in [0.717, 1.165) is 11.4 Å². The van der Waals surface area contributed by atoms with Gasteiger partial charge in [0.15, 0.2) is 0 Å². The Kier molecular flexibility index (Phi) is 3.05. The molecule has 0 bridgehead atoms. The largest absolute Gasteiger partial charge is 0.388 e. The summed E-state index contributed by atoms with van der Waals surface area (Å²) in [5.74, 6) is 0.785.